The van der Waals surface area contributed by atoms with Gasteiger partial charge in [-0.05, 0) is 49.0 Å². The van der Waals surface area contributed by atoms with Gasteiger partial charge in [-0.2, -0.15) is 0 Å². The maximum absolute atomic E-state index is 13.0. The van der Waals surface area contributed by atoms with Crippen molar-refractivity contribution in [1.29, 1.82) is 0 Å². The van der Waals surface area contributed by atoms with Crippen molar-refractivity contribution < 1.29 is 105 Å². The molecule has 0 radical (unpaired) electrons. The predicted molar refractivity (Wildman–Crippen MR) is 361 cm³/mol. The molecular formula is C73H103N5O22. The van der Waals surface area contributed by atoms with E-state index in [-0.39, 0.29) is 99.8 Å². The molecule has 100 heavy (non-hydrogen) atoms. The number of nitrogens with zero attached hydrogens (tertiary/aromatic N) is 5. The van der Waals surface area contributed by atoms with Crippen molar-refractivity contribution in [3.05, 3.63) is 156 Å². The highest BCUT2D eigenvalue weighted by molar-refractivity contribution is 5.70. The Bertz CT molecular complexity index is 3170. The molecule has 10 aliphatic heterocycles. The Labute approximate surface area is 586 Å². The largest absolute Gasteiger partial charge is 0.445 e. The van der Waals surface area contributed by atoms with E-state index in [1.54, 1.807) is 66.7 Å². The Balaban J connectivity index is 0.000000141. The molecule has 10 fully saturated rings. The van der Waals surface area contributed by atoms with Gasteiger partial charge in [0.15, 0.2) is 0 Å². The van der Waals surface area contributed by atoms with Crippen LogP contribution in [0.25, 0.3) is 0 Å². The van der Waals surface area contributed by atoms with Crippen molar-refractivity contribution in [3.63, 3.8) is 0 Å². The molecular weight excluding hydrogens is 1300 g/mol. The van der Waals surface area contributed by atoms with Crippen molar-refractivity contribution in [3.8, 4) is 0 Å². The molecule has 4 aromatic rings. The zero-order chi connectivity index (χ0) is 71.4. The molecule has 0 bridgehead atoms. The summed E-state index contributed by atoms with van der Waals surface area (Å²) >= 11 is 0. The van der Waals surface area contributed by atoms with Crippen molar-refractivity contribution in [1.82, 2.24) is 24.5 Å². The minimum Gasteiger partial charge on any atom is -0.445 e. The third kappa shape index (κ3) is 16.3. The average Bonchev–Trinajstić information content (AvgIpc) is 1.61. The molecule has 15 atom stereocenters. The summed E-state index contributed by atoms with van der Waals surface area (Å²) in [6, 6.07) is 38.1. The lowest BCUT2D eigenvalue weighted by atomic mass is 10.00. The average molecular weight is 1400 g/mol. The van der Waals surface area contributed by atoms with Crippen LogP contribution in [0.1, 0.15) is 22.3 Å². The summed E-state index contributed by atoms with van der Waals surface area (Å²) in [7, 11) is 18.9. The first kappa shape index (κ1) is 76.9. The molecule has 552 valence electrons. The second-order valence-electron chi connectivity index (χ2n) is 26.6. The Hall–Kier alpha value is -5.68. The first-order valence-electron chi connectivity index (χ1n) is 33.9. The van der Waals surface area contributed by atoms with Gasteiger partial charge < -0.3 is 95.8 Å². The standard InChI is InChI=1S/C23H27NO6.C21H23NO5.C10H19NO4.C10H17NO3.C9H17NO4/c1-26-23(27-2)16-30-20-19(28-14-17-9-5-3-6-10-17)13-24(21(20)23)22(25)29-15-18-11-7-4-8-12-18;23-17-14-26-20-18(25-12-15-7-3-1-4-8-15)11-22(19(17)20)21(24)27-13-16-9-5-2-6-10-16;1-11-4-7(5-12)8-9(11)10(13-2,14-3)6-15-8;1-7-5-11(2)9-8(7)14-6-10(9,12-3)13-4;1-10-4-6(11)7-8(10)9(12-2,13-3)5-14-7/h3-12,19-21H,13-16H2,1-2H3;1-10,17-20,23H,11-14H2;7-9,12H,4-6H2,1-3H3;8-9H,1,5-6H2,2-4H3;6-8,11H,4-5H2,1-3H3/t19-,20-,21+;17-,18+,19+,20+;7-,8+,9-;8-,9+;6-,7-,8+/m10011/s1. The molecule has 3 N–H and O–H groups in total. The highest BCUT2D eigenvalue weighted by Crippen LogP contribution is 2.44. The maximum atomic E-state index is 13.0. The summed E-state index contributed by atoms with van der Waals surface area (Å²) in [6.45, 7) is 10.0. The Kier molecular flexibility index (Phi) is 26.7. The van der Waals surface area contributed by atoms with E-state index in [9.17, 15) is 24.9 Å². The van der Waals surface area contributed by atoms with Gasteiger partial charge in [0.1, 0.15) is 88.4 Å². The quantitative estimate of drug-likeness (QED) is 0.0887. The van der Waals surface area contributed by atoms with Crippen molar-refractivity contribution in [2.24, 2.45) is 5.92 Å². The molecule has 10 aliphatic rings. The summed E-state index contributed by atoms with van der Waals surface area (Å²) < 4.78 is 95.7. The number of carbonyl (C=O) groups excluding carboxylic acids is 2. The van der Waals surface area contributed by atoms with E-state index in [1.165, 1.54) is 0 Å². The van der Waals surface area contributed by atoms with Crippen LogP contribution in [0.3, 0.4) is 0 Å². The molecule has 2 amide bonds. The number of fused-ring (bicyclic) bond motifs is 5. The first-order chi connectivity index (χ1) is 48.4. The minimum atomic E-state index is -1.05. The number of amides is 2. The molecule has 0 spiro atoms. The van der Waals surface area contributed by atoms with Gasteiger partial charge in [0.05, 0.1) is 69.3 Å². The zero-order valence-electron chi connectivity index (χ0n) is 59.4. The zero-order valence-corrected chi connectivity index (χ0v) is 59.4. The third-order valence-electron chi connectivity index (χ3n) is 20.9. The number of hydrogen-bond donors (Lipinski definition) is 3. The highest BCUT2D eigenvalue weighted by Gasteiger charge is 2.64. The van der Waals surface area contributed by atoms with Crippen LogP contribution in [0.5, 0.6) is 0 Å². The van der Waals surface area contributed by atoms with Crippen molar-refractivity contribution in [2.75, 3.05) is 150 Å². The number of carbonyl (C=O) groups is 2. The number of β-amino-alcohol motifs (C(OH)–C–C–N with tert-alkyl or cyclic N) is 1. The summed E-state index contributed by atoms with van der Waals surface area (Å²) in [5.74, 6) is -2.92. The SMILES string of the molecule is C=C1CN(C)[C@H]2[C@@H]1OCC2(OC)OC.COC1(OC)CO[C@@H]2[C@H](CO)CN(C)[C@@H]21.COC1(OC)CO[C@@H]2[C@H](O)CN(C)[C@@H]21.COC1(OC)CO[C@H]2[C@@H]1N(C(=O)OCc1ccccc1)C[C@H]2OCc1ccccc1.O=C(OCc1ccccc1)N1C[C@@H](OCc2ccccc2)[C@H]2OC[C@H](O)[C@H]21. The van der Waals surface area contributed by atoms with E-state index in [0.717, 1.165) is 40.9 Å². The number of likely N-dealkylation sites (N-methyl/N-ethyl adjacent to an activating group) is 3. The fraction of sp³-hybridized carbons (Fsp3) is 0.616. The van der Waals surface area contributed by atoms with Crippen LogP contribution in [0.15, 0.2) is 133 Å². The lowest BCUT2D eigenvalue weighted by Gasteiger charge is -2.35. The summed E-state index contributed by atoms with van der Waals surface area (Å²) in [5.41, 5.74) is 5.06. The van der Waals surface area contributed by atoms with E-state index in [1.807, 2.05) is 147 Å². The topological polar surface area (TPSA) is 268 Å². The Morgan fingerprint density at radius 1 is 0.450 bits per heavy atom. The van der Waals surface area contributed by atoms with E-state index in [4.69, 9.17) is 80.5 Å². The minimum absolute atomic E-state index is 0.0138. The van der Waals surface area contributed by atoms with Gasteiger partial charge in [-0.1, -0.05) is 128 Å². The first-order valence-corrected chi connectivity index (χ1v) is 33.9. The Morgan fingerprint density at radius 2 is 0.840 bits per heavy atom. The fourth-order valence-electron chi connectivity index (χ4n) is 15.6. The van der Waals surface area contributed by atoms with Gasteiger partial charge in [0.25, 0.3) is 0 Å². The van der Waals surface area contributed by atoms with Crippen LogP contribution in [-0.4, -0.2) is 311 Å². The molecule has 14 rings (SSSR count). The number of ether oxygens (including phenoxy) is 17. The number of aliphatic hydroxyl groups is 3. The van der Waals surface area contributed by atoms with E-state index < -0.39 is 59.6 Å². The van der Waals surface area contributed by atoms with Crippen LogP contribution in [0.4, 0.5) is 9.59 Å². The van der Waals surface area contributed by atoms with E-state index in [2.05, 4.69) is 16.4 Å². The van der Waals surface area contributed by atoms with Crippen molar-refractivity contribution in [2.45, 2.75) is 135 Å². The number of aliphatic hydroxyl groups excluding tert-OH is 3. The summed E-state index contributed by atoms with van der Waals surface area (Å²) in [5, 5.41) is 29.3. The molecule has 10 heterocycles. The number of hydrogen-bond acceptors (Lipinski definition) is 25. The molecule has 0 unspecified atom stereocenters. The van der Waals surface area contributed by atoms with Crippen LogP contribution < -0.4 is 0 Å². The van der Waals surface area contributed by atoms with Gasteiger partial charge in [-0.15, -0.1) is 0 Å². The lowest BCUT2D eigenvalue weighted by Crippen LogP contribution is -2.55. The van der Waals surface area contributed by atoms with Gasteiger partial charge in [0.2, 0.25) is 23.1 Å². The van der Waals surface area contributed by atoms with Gasteiger partial charge in [-0.25, -0.2) is 9.59 Å². The second-order valence-corrected chi connectivity index (χ2v) is 26.6. The lowest BCUT2D eigenvalue weighted by molar-refractivity contribution is -0.225. The highest BCUT2D eigenvalue weighted by atomic mass is 16.7. The second kappa shape index (κ2) is 34.7. The van der Waals surface area contributed by atoms with Crippen LogP contribution in [-0.2, 0) is 107 Å². The van der Waals surface area contributed by atoms with Crippen LogP contribution in [0, 0.1) is 5.92 Å². The molecule has 0 aliphatic carbocycles. The fourth-order valence-corrected chi connectivity index (χ4v) is 15.6. The maximum Gasteiger partial charge on any atom is 0.410 e. The smallest absolute Gasteiger partial charge is 0.410 e. The predicted octanol–water partition coefficient (Wildman–Crippen LogP) is 3.92. The molecule has 0 saturated carbocycles. The molecule has 0 aromatic heterocycles. The molecule has 27 nitrogen and oxygen atoms in total. The van der Waals surface area contributed by atoms with Crippen LogP contribution in [0.2, 0.25) is 0 Å². The molecule has 27 heteroatoms. The molecule has 10 saturated heterocycles. The monoisotopic (exact) mass is 1400 g/mol. The molecule has 4 aromatic carbocycles. The summed E-state index contributed by atoms with van der Waals surface area (Å²) in [6.07, 6.45) is -3.51. The number of methoxy groups -OCH3 is 8. The number of rotatable bonds is 19. The van der Waals surface area contributed by atoms with Gasteiger partial charge >= 0.3 is 12.2 Å². The van der Waals surface area contributed by atoms with E-state index in [0.29, 0.717) is 52.7 Å². The van der Waals surface area contributed by atoms with Crippen molar-refractivity contribution >= 4 is 12.2 Å². The summed E-state index contributed by atoms with van der Waals surface area (Å²) in [4.78, 5) is 35.1. The number of benzene rings is 4. The van der Waals surface area contributed by atoms with Crippen LogP contribution >= 0.6 is 0 Å². The van der Waals surface area contributed by atoms with Gasteiger partial charge in [0, 0.05) is 89.0 Å². The Morgan fingerprint density at radius 3 is 1.32 bits per heavy atom. The van der Waals surface area contributed by atoms with Gasteiger partial charge in [-0.3, -0.25) is 24.5 Å². The third-order valence-corrected chi connectivity index (χ3v) is 20.9. The normalized spacial score (nSPS) is 31.5. The number of likely N-dealkylation sites (tertiary alicyclic amines) is 5. The van der Waals surface area contributed by atoms with E-state index >= 15 is 0 Å².